The third-order valence-electron chi connectivity index (χ3n) is 4.92. The summed E-state index contributed by atoms with van der Waals surface area (Å²) in [5, 5.41) is 0. The summed E-state index contributed by atoms with van der Waals surface area (Å²) in [5.41, 5.74) is -0.575. The molecule has 4 rings (SSSR count). The molecular formula is C16H12F3NO2. The van der Waals surface area contributed by atoms with Crippen molar-refractivity contribution in [3.05, 3.63) is 42.0 Å². The lowest BCUT2D eigenvalue weighted by atomic mass is 9.85. The second-order valence-corrected chi connectivity index (χ2v) is 6.06. The molecule has 0 unspecified atom stereocenters. The number of halogens is 3. The topological polar surface area (TPSA) is 37.4 Å². The van der Waals surface area contributed by atoms with Crippen molar-refractivity contribution in [3.8, 4) is 0 Å². The first kappa shape index (κ1) is 13.5. The van der Waals surface area contributed by atoms with Gasteiger partial charge in [-0.3, -0.25) is 14.5 Å². The molecule has 0 spiro atoms. The number of imide groups is 1. The Bertz CT molecular complexity index is 662. The Balaban J connectivity index is 1.67. The Hall–Kier alpha value is -2.11. The predicted molar refractivity (Wildman–Crippen MR) is 71.7 cm³/mol. The first-order valence-electron chi connectivity index (χ1n) is 7.11. The molecular weight excluding hydrogens is 295 g/mol. The molecule has 0 N–H and O–H groups in total. The van der Waals surface area contributed by atoms with E-state index >= 15 is 0 Å². The van der Waals surface area contributed by atoms with E-state index in [1.165, 1.54) is 12.1 Å². The normalized spacial score (nSPS) is 33.0. The fourth-order valence-corrected chi connectivity index (χ4v) is 3.96. The molecule has 22 heavy (non-hydrogen) atoms. The van der Waals surface area contributed by atoms with E-state index in [0.717, 1.165) is 23.5 Å². The molecule has 3 nitrogen and oxygen atoms in total. The fourth-order valence-electron chi connectivity index (χ4n) is 3.96. The zero-order valence-electron chi connectivity index (χ0n) is 11.4. The van der Waals surface area contributed by atoms with Crippen molar-refractivity contribution < 1.29 is 22.8 Å². The van der Waals surface area contributed by atoms with Crippen molar-refractivity contribution in [1.82, 2.24) is 0 Å². The standard InChI is InChI=1S/C16H12F3NO2/c17-16(18,19)10-3-5-11(6-4-10)20-14(21)12-8-1-2-9(7-8)13(12)15(20)22/h1-6,8-9,12-13H,7H2/t8-,9+,12+,13-. The highest BCUT2D eigenvalue weighted by molar-refractivity contribution is 6.22. The minimum absolute atomic E-state index is 0.0888. The lowest BCUT2D eigenvalue weighted by Crippen LogP contribution is -2.32. The number of nitrogens with zero attached hydrogens (tertiary/aromatic N) is 1. The molecule has 2 amide bonds. The molecule has 2 fully saturated rings. The summed E-state index contributed by atoms with van der Waals surface area (Å²) < 4.78 is 37.8. The molecule has 1 heterocycles. The van der Waals surface area contributed by atoms with Gasteiger partial charge in [-0.15, -0.1) is 0 Å². The van der Waals surface area contributed by atoms with E-state index in [0.29, 0.717) is 0 Å². The van der Waals surface area contributed by atoms with Gasteiger partial charge >= 0.3 is 6.18 Å². The van der Waals surface area contributed by atoms with Crippen LogP contribution in [-0.4, -0.2) is 11.8 Å². The zero-order valence-corrected chi connectivity index (χ0v) is 11.4. The second kappa shape index (κ2) is 4.21. The van der Waals surface area contributed by atoms with Crippen molar-refractivity contribution >= 4 is 17.5 Å². The molecule has 1 aromatic rings. The zero-order chi connectivity index (χ0) is 15.6. The van der Waals surface area contributed by atoms with Crippen LogP contribution in [0.3, 0.4) is 0 Å². The van der Waals surface area contributed by atoms with Crippen LogP contribution in [0.25, 0.3) is 0 Å². The summed E-state index contributed by atoms with van der Waals surface area (Å²) in [6, 6.07) is 4.18. The molecule has 0 radical (unpaired) electrons. The Morgan fingerprint density at radius 2 is 1.41 bits per heavy atom. The van der Waals surface area contributed by atoms with Crippen LogP contribution in [0.15, 0.2) is 36.4 Å². The lowest BCUT2D eigenvalue weighted by molar-refractivity contribution is -0.137. The van der Waals surface area contributed by atoms with Crippen LogP contribution in [0.1, 0.15) is 12.0 Å². The van der Waals surface area contributed by atoms with Crippen LogP contribution in [0, 0.1) is 23.7 Å². The van der Waals surface area contributed by atoms with Gasteiger partial charge in [-0.2, -0.15) is 13.2 Å². The number of amides is 2. The summed E-state index contributed by atoms with van der Waals surface area (Å²) in [7, 11) is 0. The third kappa shape index (κ3) is 1.69. The van der Waals surface area contributed by atoms with Gasteiger partial charge in [-0.25, -0.2) is 0 Å². The maximum Gasteiger partial charge on any atom is 0.416 e. The molecule has 4 atom stereocenters. The van der Waals surface area contributed by atoms with E-state index < -0.39 is 11.7 Å². The first-order chi connectivity index (χ1) is 10.4. The van der Waals surface area contributed by atoms with Gasteiger partial charge in [-0.05, 0) is 42.5 Å². The number of alkyl halides is 3. The average molecular weight is 307 g/mol. The van der Waals surface area contributed by atoms with Gasteiger partial charge in [0.1, 0.15) is 0 Å². The molecule has 6 heteroatoms. The van der Waals surface area contributed by atoms with Crippen molar-refractivity contribution in [2.75, 3.05) is 4.90 Å². The SMILES string of the molecule is O=C1[C@@H]2[C@H](C(=O)N1c1ccc(C(F)(F)F)cc1)[C@H]1C=C[C@@H]2C1. The molecule has 0 aromatic heterocycles. The quantitative estimate of drug-likeness (QED) is 0.591. The first-order valence-corrected chi connectivity index (χ1v) is 7.11. The highest BCUT2D eigenvalue weighted by Gasteiger charge is 2.59. The molecule has 1 saturated heterocycles. The monoisotopic (exact) mass is 307 g/mol. The number of fused-ring (bicyclic) bond motifs is 5. The number of hydrogen-bond acceptors (Lipinski definition) is 2. The number of allylic oxidation sites excluding steroid dienone is 2. The van der Waals surface area contributed by atoms with E-state index in [-0.39, 0.29) is 41.2 Å². The van der Waals surface area contributed by atoms with Crippen molar-refractivity contribution in [2.24, 2.45) is 23.7 Å². The smallest absolute Gasteiger partial charge is 0.274 e. The van der Waals surface area contributed by atoms with Crippen molar-refractivity contribution in [3.63, 3.8) is 0 Å². The Morgan fingerprint density at radius 3 is 1.86 bits per heavy atom. The van der Waals surface area contributed by atoms with Gasteiger partial charge in [-0.1, -0.05) is 12.2 Å². The van der Waals surface area contributed by atoms with Crippen LogP contribution >= 0.6 is 0 Å². The maximum atomic E-state index is 12.6. The van der Waals surface area contributed by atoms with E-state index in [9.17, 15) is 22.8 Å². The summed E-state index contributed by atoms with van der Waals surface area (Å²) >= 11 is 0. The fraction of sp³-hybridized carbons (Fsp3) is 0.375. The number of anilines is 1. The van der Waals surface area contributed by atoms with Crippen LogP contribution in [0.2, 0.25) is 0 Å². The number of carbonyl (C=O) groups is 2. The van der Waals surface area contributed by atoms with Crippen LogP contribution in [0.4, 0.5) is 18.9 Å². The third-order valence-corrected chi connectivity index (χ3v) is 4.92. The van der Waals surface area contributed by atoms with E-state index in [1.54, 1.807) is 0 Å². The van der Waals surface area contributed by atoms with Crippen molar-refractivity contribution in [1.29, 1.82) is 0 Å². The van der Waals surface area contributed by atoms with E-state index in [1.807, 2.05) is 12.2 Å². The van der Waals surface area contributed by atoms with Gasteiger partial charge in [0.2, 0.25) is 11.8 Å². The molecule has 1 aliphatic heterocycles. The molecule has 1 aromatic carbocycles. The molecule has 2 bridgehead atoms. The van der Waals surface area contributed by atoms with Crippen LogP contribution in [-0.2, 0) is 15.8 Å². The van der Waals surface area contributed by atoms with Gasteiger partial charge in [0.25, 0.3) is 0 Å². The summed E-state index contributed by atoms with van der Waals surface area (Å²) in [6.45, 7) is 0. The highest BCUT2D eigenvalue weighted by Crippen LogP contribution is 2.53. The highest BCUT2D eigenvalue weighted by atomic mass is 19.4. The van der Waals surface area contributed by atoms with E-state index in [2.05, 4.69) is 0 Å². The lowest BCUT2D eigenvalue weighted by Gasteiger charge is -2.18. The molecule has 3 aliphatic rings. The predicted octanol–water partition coefficient (Wildman–Crippen LogP) is 3.02. The average Bonchev–Trinajstić information content (AvgIpc) is 3.12. The number of benzene rings is 1. The minimum atomic E-state index is -4.43. The minimum Gasteiger partial charge on any atom is -0.274 e. The largest absolute Gasteiger partial charge is 0.416 e. The number of carbonyl (C=O) groups excluding carboxylic acids is 2. The Kier molecular flexibility index (Phi) is 2.59. The summed E-state index contributed by atoms with van der Waals surface area (Å²) in [6.07, 6.45) is 0.352. The molecule has 114 valence electrons. The summed E-state index contributed by atoms with van der Waals surface area (Å²) in [4.78, 5) is 26.1. The summed E-state index contributed by atoms with van der Waals surface area (Å²) in [5.74, 6) is -1.08. The van der Waals surface area contributed by atoms with Gasteiger partial charge in [0.15, 0.2) is 0 Å². The number of hydrogen-bond donors (Lipinski definition) is 0. The molecule has 1 saturated carbocycles. The van der Waals surface area contributed by atoms with Crippen LogP contribution < -0.4 is 4.90 Å². The van der Waals surface area contributed by atoms with Gasteiger partial charge in [0.05, 0.1) is 23.1 Å². The van der Waals surface area contributed by atoms with Crippen LogP contribution in [0.5, 0.6) is 0 Å². The second-order valence-electron chi connectivity index (χ2n) is 6.06. The Morgan fingerprint density at radius 1 is 0.909 bits per heavy atom. The van der Waals surface area contributed by atoms with Gasteiger partial charge < -0.3 is 0 Å². The maximum absolute atomic E-state index is 12.6. The van der Waals surface area contributed by atoms with Crippen molar-refractivity contribution in [2.45, 2.75) is 12.6 Å². The molecule has 2 aliphatic carbocycles. The Labute approximate surface area is 124 Å². The van der Waals surface area contributed by atoms with Gasteiger partial charge in [0, 0.05) is 0 Å². The van der Waals surface area contributed by atoms with E-state index in [4.69, 9.17) is 0 Å². The number of rotatable bonds is 1.